The Morgan fingerprint density at radius 3 is 2.00 bits per heavy atom. The SMILES string of the molecule is C/C=C\[Si]1CCC(C2CCC(c3ccc(-c4ccc(F)c(F)c4)cc3)CC2)CC1. The molecule has 1 saturated carbocycles. The van der Waals surface area contributed by atoms with Gasteiger partial charge in [0.05, 0.1) is 8.80 Å². The lowest BCUT2D eigenvalue weighted by atomic mass is 9.72. The highest BCUT2D eigenvalue weighted by Crippen LogP contribution is 2.43. The van der Waals surface area contributed by atoms with Gasteiger partial charge in [0.2, 0.25) is 0 Å². The van der Waals surface area contributed by atoms with E-state index < -0.39 is 11.6 Å². The Morgan fingerprint density at radius 2 is 1.38 bits per heavy atom. The lowest BCUT2D eigenvalue weighted by Gasteiger charge is -2.37. The maximum absolute atomic E-state index is 13.5. The van der Waals surface area contributed by atoms with E-state index in [1.165, 1.54) is 68.3 Å². The van der Waals surface area contributed by atoms with Crippen molar-refractivity contribution in [1.82, 2.24) is 0 Å². The average molecular weight is 410 g/mol. The van der Waals surface area contributed by atoms with Crippen LogP contribution in [-0.2, 0) is 0 Å². The molecule has 3 heteroatoms. The second kappa shape index (κ2) is 9.38. The molecule has 2 aliphatic rings. The minimum atomic E-state index is -0.792. The summed E-state index contributed by atoms with van der Waals surface area (Å²) in [6, 6.07) is 15.6. The molecule has 0 atom stereocenters. The van der Waals surface area contributed by atoms with Gasteiger partial charge in [-0.1, -0.05) is 61.3 Å². The first-order chi connectivity index (χ1) is 14.1. The molecule has 0 bridgehead atoms. The predicted octanol–water partition coefficient (Wildman–Crippen LogP) is 7.93. The highest BCUT2D eigenvalue weighted by atomic mass is 28.3. The van der Waals surface area contributed by atoms with Crippen LogP contribution >= 0.6 is 0 Å². The van der Waals surface area contributed by atoms with Crippen LogP contribution in [-0.4, -0.2) is 8.80 Å². The molecule has 1 aliphatic heterocycles. The maximum atomic E-state index is 13.5. The van der Waals surface area contributed by atoms with Gasteiger partial charge in [-0.25, -0.2) is 8.78 Å². The summed E-state index contributed by atoms with van der Waals surface area (Å²) in [6.45, 7) is 2.16. The lowest BCUT2D eigenvalue weighted by molar-refractivity contribution is 0.216. The molecule has 4 rings (SSSR count). The second-order valence-electron chi connectivity index (χ2n) is 8.86. The predicted molar refractivity (Wildman–Crippen MR) is 119 cm³/mol. The quantitative estimate of drug-likeness (QED) is 0.450. The fraction of sp³-hybridized carbons (Fsp3) is 0.462. The number of hydrogen-bond donors (Lipinski definition) is 0. The van der Waals surface area contributed by atoms with Crippen molar-refractivity contribution in [3.05, 3.63) is 71.4 Å². The summed E-state index contributed by atoms with van der Waals surface area (Å²) in [5, 5.41) is 0. The van der Waals surface area contributed by atoms with Gasteiger partial charge in [-0.05, 0) is 79.2 Å². The van der Waals surface area contributed by atoms with Crippen LogP contribution in [0.4, 0.5) is 8.78 Å². The summed E-state index contributed by atoms with van der Waals surface area (Å²) >= 11 is 0. The first kappa shape index (κ1) is 20.5. The number of benzene rings is 2. The van der Waals surface area contributed by atoms with Crippen LogP contribution in [0.15, 0.2) is 54.2 Å². The molecular formula is C26H31F2Si. The standard InChI is InChI=1S/C26H31F2Si/c1-2-15-29-16-13-23(14-17-29)21-5-3-19(4-6-21)20-7-9-22(10-8-20)24-11-12-25(27)26(28)18-24/h2,7-12,15,18-19,21,23H,3-6,13-14,16-17H2,1H3/b15-2-. The molecule has 2 aromatic carbocycles. The fourth-order valence-corrected chi connectivity index (χ4v) is 7.97. The Balaban J connectivity index is 1.32. The fourth-order valence-electron chi connectivity index (χ4n) is 5.43. The third-order valence-corrected chi connectivity index (χ3v) is 9.81. The molecule has 2 fully saturated rings. The average Bonchev–Trinajstić information content (AvgIpc) is 2.77. The third-order valence-electron chi connectivity index (χ3n) is 7.15. The van der Waals surface area contributed by atoms with E-state index in [-0.39, 0.29) is 8.80 Å². The Kier molecular flexibility index (Phi) is 6.64. The van der Waals surface area contributed by atoms with Crippen molar-refractivity contribution in [3.8, 4) is 11.1 Å². The highest BCUT2D eigenvalue weighted by Gasteiger charge is 2.31. The molecule has 0 spiro atoms. The van der Waals surface area contributed by atoms with E-state index in [0.29, 0.717) is 5.92 Å². The number of allylic oxidation sites excluding steroid dienone is 1. The van der Waals surface area contributed by atoms with Crippen LogP contribution in [0.1, 0.15) is 56.9 Å². The Hall–Kier alpha value is -1.74. The van der Waals surface area contributed by atoms with Gasteiger partial charge in [-0.2, -0.15) is 0 Å². The molecule has 0 N–H and O–H groups in total. The molecule has 0 aromatic heterocycles. The van der Waals surface area contributed by atoms with Gasteiger partial charge in [0, 0.05) is 0 Å². The van der Waals surface area contributed by atoms with E-state index >= 15 is 0 Å². The van der Waals surface area contributed by atoms with Crippen LogP contribution in [0, 0.1) is 23.5 Å². The number of halogens is 2. The zero-order chi connectivity index (χ0) is 20.2. The van der Waals surface area contributed by atoms with Gasteiger partial charge < -0.3 is 0 Å². The van der Waals surface area contributed by atoms with Crippen LogP contribution < -0.4 is 0 Å². The Bertz CT molecular complexity index is 826. The number of hydrogen-bond acceptors (Lipinski definition) is 0. The van der Waals surface area contributed by atoms with Crippen molar-refractivity contribution in [2.45, 2.75) is 63.5 Å². The minimum absolute atomic E-state index is 0.179. The molecule has 29 heavy (non-hydrogen) atoms. The van der Waals surface area contributed by atoms with Gasteiger partial charge >= 0.3 is 0 Å². The van der Waals surface area contributed by atoms with E-state index in [9.17, 15) is 8.78 Å². The molecule has 153 valence electrons. The van der Waals surface area contributed by atoms with Crippen molar-refractivity contribution in [2.75, 3.05) is 0 Å². The molecule has 2 aromatic rings. The van der Waals surface area contributed by atoms with Crippen molar-refractivity contribution < 1.29 is 8.78 Å². The van der Waals surface area contributed by atoms with E-state index in [1.807, 2.05) is 0 Å². The topological polar surface area (TPSA) is 0 Å². The number of rotatable bonds is 4. The summed E-state index contributed by atoms with van der Waals surface area (Å²) in [4.78, 5) is 0. The normalized spacial score (nSPS) is 24.2. The van der Waals surface area contributed by atoms with E-state index in [1.54, 1.807) is 6.07 Å². The molecule has 1 heterocycles. The van der Waals surface area contributed by atoms with Crippen LogP contribution in [0.5, 0.6) is 0 Å². The van der Waals surface area contributed by atoms with Crippen LogP contribution in [0.3, 0.4) is 0 Å². The molecule has 0 nitrogen and oxygen atoms in total. The van der Waals surface area contributed by atoms with Gasteiger partial charge in [0.25, 0.3) is 0 Å². The zero-order valence-corrected chi connectivity index (χ0v) is 18.3. The summed E-state index contributed by atoms with van der Waals surface area (Å²) < 4.78 is 26.7. The summed E-state index contributed by atoms with van der Waals surface area (Å²) in [6.07, 6.45) is 10.5. The van der Waals surface area contributed by atoms with Crippen LogP contribution in [0.25, 0.3) is 11.1 Å². The maximum Gasteiger partial charge on any atom is 0.159 e. The van der Waals surface area contributed by atoms with Crippen molar-refractivity contribution in [2.24, 2.45) is 11.8 Å². The molecule has 1 saturated heterocycles. The van der Waals surface area contributed by atoms with Gasteiger partial charge in [0.1, 0.15) is 0 Å². The molecule has 0 unspecified atom stereocenters. The van der Waals surface area contributed by atoms with E-state index in [2.05, 4.69) is 43.0 Å². The molecule has 0 amide bonds. The Morgan fingerprint density at radius 1 is 0.759 bits per heavy atom. The van der Waals surface area contributed by atoms with Crippen molar-refractivity contribution in [3.63, 3.8) is 0 Å². The molecular weight excluding hydrogens is 378 g/mol. The molecule has 1 radical (unpaired) electrons. The smallest absolute Gasteiger partial charge is 0.159 e. The van der Waals surface area contributed by atoms with Crippen molar-refractivity contribution in [1.29, 1.82) is 0 Å². The van der Waals surface area contributed by atoms with Crippen LogP contribution in [0.2, 0.25) is 12.1 Å². The monoisotopic (exact) mass is 409 g/mol. The molecule has 1 aliphatic carbocycles. The summed E-state index contributed by atoms with van der Waals surface area (Å²) in [7, 11) is -0.179. The van der Waals surface area contributed by atoms with Crippen molar-refractivity contribution >= 4 is 8.80 Å². The largest absolute Gasteiger partial charge is 0.204 e. The first-order valence-electron chi connectivity index (χ1n) is 11.2. The van der Waals surface area contributed by atoms with E-state index in [0.717, 1.165) is 23.0 Å². The lowest BCUT2D eigenvalue weighted by Crippen LogP contribution is -2.27. The summed E-state index contributed by atoms with van der Waals surface area (Å²) in [5.74, 6) is 0.967. The van der Waals surface area contributed by atoms with Gasteiger partial charge in [0.15, 0.2) is 11.6 Å². The minimum Gasteiger partial charge on any atom is -0.204 e. The third kappa shape index (κ3) is 4.88. The Labute approximate surface area is 175 Å². The zero-order valence-electron chi connectivity index (χ0n) is 17.3. The summed E-state index contributed by atoms with van der Waals surface area (Å²) in [5.41, 5.74) is 5.58. The second-order valence-corrected chi connectivity index (χ2v) is 11.5. The highest BCUT2D eigenvalue weighted by molar-refractivity contribution is 6.64. The van der Waals surface area contributed by atoms with Gasteiger partial charge in [-0.15, -0.1) is 5.70 Å². The van der Waals surface area contributed by atoms with Gasteiger partial charge in [-0.3, -0.25) is 0 Å². The van der Waals surface area contributed by atoms with E-state index in [4.69, 9.17) is 0 Å². The first-order valence-corrected chi connectivity index (χ1v) is 13.2.